The van der Waals surface area contributed by atoms with Crippen LogP contribution in [0, 0.1) is 5.82 Å². The number of halogens is 2. The molecule has 5 heteroatoms. The third-order valence-corrected chi connectivity index (χ3v) is 2.68. The number of pyridine rings is 1. The molecule has 3 nitrogen and oxygen atoms in total. The maximum absolute atomic E-state index is 13.6. The van der Waals surface area contributed by atoms with Gasteiger partial charge in [0.25, 0.3) is 0 Å². The van der Waals surface area contributed by atoms with Crippen molar-refractivity contribution < 1.29 is 9.13 Å². The normalized spacial score (nSPS) is 10.2. The van der Waals surface area contributed by atoms with Gasteiger partial charge in [0.2, 0.25) is 5.88 Å². The molecule has 94 valence electrons. The van der Waals surface area contributed by atoms with Crippen molar-refractivity contribution in [2.45, 2.75) is 6.92 Å². The molecule has 0 atom stereocenters. The summed E-state index contributed by atoms with van der Waals surface area (Å²) in [5.74, 6) is 0.779. The molecule has 0 spiro atoms. The summed E-state index contributed by atoms with van der Waals surface area (Å²) in [7, 11) is 0. The second kappa shape index (κ2) is 5.82. The molecule has 0 aliphatic heterocycles. The average molecular weight is 311 g/mol. The predicted molar refractivity (Wildman–Crippen MR) is 72.6 cm³/mol. The summed E-state index contributed by atoms with van der Waals surface area (Å²) in [6, 6.07) is 9.94. The first-order valence-electron chi connectivity index (χ1n) is 5.53. The molecule has 0 saturated carbocycles. The van der Waals surface area contributed by atoms with Crippen molar-refractivity contribution in [3.05, 3.63) is 46.7 Å². The molecular weight excluding hydrogens is 299 g/mol. The van der Waals surface area contributed by atoms with Gasteiger partial charge in [-0.25, -0.2) is 4.39 Å². The van der Waals surface area contributed by atoms with Crippen molar-refractivity contribution >= 4 is 21.7 Å². The SMILES string of the molecule is CCNc1cccc(Oc2ccc(Br)cc2F)n1. The maximum atomic E-state index is 13.6. The zero-order chi connectivity index (χ0) is 13.0. The number of benzene rings is 1. The molecule has 0 unspecified atom stereocenters. The number of hydrogen-bond donors (Lipinski definition) is 1. The molecule has 1 aromatic heterocycles. The van der Waals surface area contributed by atoms with E-state index in [-0.39, 0.29) is 5.75 Å². The van der Waals surface area contributed by atoms with Gasteiger partial charge < -0.3 is 10.1 Å². The molecule has 0 aliphatic carbocycles. The molecule has 2 rings (SSSR count). The summed E-state index contributed by atoms with van der Waals surface area (Å²) in [5, 5.41) is 3.07. The monoisotopic (exact) mass is 310 g/mol. The van der Waals surface area contributed by atoms with E-state index in [1.54, 1.807) is 24.3 Å². The largest absolute Gasteiger partial charge is 0.436 e. The highest BCUT2D eigenvalue weighted by Crippen LogP contribution is 2.26. The van der Waals surface area contributed by atoms with Crippen LogP contribution in [0.4, 0.5) is 10.2 Å². The van der Waals surface area contributed by atoms with Crippen LogP contribution in [0.15, 0.2) is 40.9 Å². The van der Waals surface area contributed by atoms with E-state index < -0.39 is 5.82 Å². The maximum Gasteiger partial charge on any atom is 0.221 e. The molecule has 2 aromatic rings. The average Bonchev–Trinajstić information content (AvgIpc) is 2.34. The molecule has 0 bridgehead atoms. The minimum atomic E-state index is -0.431. The number of nitrogens with zero attached hydrogens (tertiary/aromatic N) is 1. The summed E-state index contributed by atoms with van der Waals surface area (Å²) in [6.45, 7) is 2.74. The molecule has 0 amide bonds. The van der Waals surface area contributed by atoms with E-state index >= 15 is 0 Å². The van der Waals surface area contributed by atoms with Gasteiger partial charge in [-0.05, 0) is 31.2 Å². The van der Waals surface area contributed by atoms with E-state index in [0.29, 0.717) is 16.2 Å². The Bertz CT molecular complexity index is 548. The van der Waals surface area contributed by atoms with Crippen LogP contribution in [0.2, 0.25) is 0 Å². The standard InChI is InChI=1S/C13H12BrFN2O/c1-2-16-12-4-3-5-13(17-12)18-11-7-6-9(14)8-10(11)15/h3-8H,2H2,1H3,(H,16,17). The predicted octanol–water partition coefficient (Wildman–Crippen LogP) is 4.21. The highest BCUT2D eigenvalue weighted by molar-refractivity contribution is 9.10. The first kappa shape index (κ1) is 12.8. The number of ether oxygens (including phenoxy) is 1. The van der Waals surface area contributed by atoms with Crippen LogP contribution < -0.4 is 10.1 Å². The summed E-state index contributed by atoms with van der Waals surface area (Å²) >= 11 is 3.19. The lowest BCUT2D eigenvalue weighted by Gasteiger charge is -2.08. The van der Waals surface area contributed by atoms with Crippen LogP contribution in [0.3, 0.4) is 0 Å². The Balaban J connectivity index is 2.20. The molecule has 1 heterocycles. The Morgan fingerprint density at radius 1 is 1.33 bits per heavy atom. The van der Waals surface area contributed by atoms with Crippen LogP contribution in [0.5, 0.6) is 11.6 Å². The third kappa shape index (κ3) is 3.20. The molecule has 0 aliphatic rings. The smallest absolute Gasteiger partial charge is 0.221 e. The molecular formula is C13H12BrFN2O. The summed E-state index contributed by atoms with van der Waals surface area (Å²) in [5.41, 5.74) is 0. The Labute approximate surface area is 113 Å². The molecule has 0 fully saturated rings. The van der Waals surface area contributed by atoms with Crippen molar-refractivity contribution in [3.8, 4) is 11.6 Å². The van der Waals surface area contributed by atoms with Gasteiger partial charge in [-0.3, -0.25) is 0 Å². The van der Waals surface area contributed by atoms with Crippen molar-refractivity contribution in [2.75, 3.05) is 11.9 Å². The fourth-order valence-corrected chi connectivity index (χ4v) is 1.76. The van der Waals surface area contributed by atoms with Crippen LogP contribution in [-0.2, 0) is 0 Å². The number of aromatic nitrogens is 1. The van der Waals surface area contributed by atoms with E-state index in [2.05, 4.69) is 26.2 Å². The van der Waals surface area contributed by atoms with Gasteiger partial charge in [-0.2, -0.15) is 4.98 Å². The van der Waals surface area contributed by atoms with Gasteiger partial charge in [0, 0.05) is 17.1 Å². The molecule has 1 aromatic carbocycles. The van der Waals surface area contributed by atoms with Crippen LogP contribution in [-0.4, -0.2) is 11.5 Å². The number of anilines is 1. The molecule has 1 N–H and O–H groups in total. The zero-order valence-electron chi connectivity index (χ0n) is 9.78. The molecule has 0 radical (unpaired) electrons. The minimum Gasteiger partial charge on any atom is -0.436 e. The van der Waals surface area contributed by atoms with Crippen molar-refractivity contribution in [1.82, 2.24) is 4.98 Å². The van der Waals surface area contributed by atoms with Crippen LogP contribution in [0.1, 0.15) is 6.92 Å². The summed E-state index contributed by atoms with van der Waals surface area (Å²) in [4.78, 5) is 4.21. The quantitative estimate of drug-likeness (QED) is 0.918. The number of rotatable bonds is 4. The van der Waals surface area contributed by atoms with E-state index in [1.807, 2.05) is 13.0 Å². The topological polar surface area (TPSA) is 34.1 Å². The second-order valence-corrected chi connectivity index (χ2v) is 4.48. The minimum absolute atomic E-state index is 0.152. The van der Waals surface area contributed by atoms with E-state index in [9.17, 15) is 4.39 Å². The summed E-state index contributed by atoms with van der Waals surface area (Å²) < 4.78 is 19.7. The van der Waals surface area contributed by atoms with Gasteiger partial charge >= 0.3 is 0 Å². The lowest BCUT2D eigenvalue weighted by Crippen LogP contribution is -2.00. The Morgan fingerprint density at radius 3 is 2.89 bits per heavy atom. The number of nitrogens with one attached hydrogen (secondary N) is 1. The van der Waals surface area contributed by atoms with Gasteiger partial charge in [0.15, 0.2) is 11.6 Å². The van der Waals surface area contributed by atoms with Crippen molar-refractivity contribution in [3.63, 3.8) is 0 Å². The van der Waals surface area contributed by atoms with Gasteiger partial charge in [0.1, 0.15) is 5.82 Å². The van der Waals surface area contributed by atoms with Crippen molar-refractivity contribution in [2.24, 2.45) is 0 Å². The Morgan fingerprint density at radius 2 is 2.17 bits per heavy atom. The van der Waals surface area contributed by atoms with Crippen LogP contribution >= 0.6 is 15.9 Å². The molecule has 18 heavy (non-hydrogen) atoms. The molecule has 0 saturated heterocycles. The summed E-state index contributed by atoms with van der Waals surface area (Å²) in [6.07, 6.45) is 0. The van der Waals surface area contributed by atoms with Crippen LogP contribution in [0.25, 0.3) is 0 Å². The van der Waals surface area contributed by atoms with Gasteiger partial charge in [-0.1, -0.05) is 22.0 Å². The first-order valence-corrected chi connectivity index (χ1v) is 6.32. The Kier molecular flexibility index (Phi) is 4.15. The Hall–Kier alpha value is -1.62. The number of hydrogen-bond acceptors (Lipinski definition) is 3. The van der Waals surface area contributed by atoms with Gasteiger partial charge in [-0.15, -0.1) is 0 Å². The second-order valence-electron chi connectivity index (χ2n) is 3.57. The lowest BCUT2D eigenvalue weighted by atomic mass is 10.3. The fourth-order valence-electron chi connectivity index (χ4n) is 1.42. The van der Waals surface area contributed by atoms with E-state index in [1.165, 1.54) is 6.07 Å². The zero-order valence-corrected chi connectivity index (χ0v) is 11.4. The van der Waals surface area contributed by atoms with E-state index in [0.717, 1.165) is 6.54 Å². The highest BCUT2D eigenvalue weighted by Gasteiger charge is 2.06. The fraction of sp³-hybridized carbons (Fsp3) is 0.154. The van der Waals surface area contributed by atoms with E-state index in [4.69, 9.17) is 4.74 Å². The lowest BCUT2D eigenvalue weighted by molar-refractivity contribution is 0.428. The highest BCUT2D eigenvalue weighted by atomic mass is 79.9. The first-order chi connectivity index (χ1) is 8.69. The van der Waals surface area contributed by atoms with Crippen molar-refractivity contribution in [1.29, 1.82) is 0 Å². The van der Waals surface area contributed by atoms with Gasteiger partial charge in [0.05, 0.1) is 0 Å². The third-order valence-electron chi connectivity index (χ3n) is 2.19.